The van der Waals surface area contributed by atoms with Gasteiger partial charge in [-0.05, 0) is 73.2 Å². The van der Waals surface area contributed by atoms with Crippen LogP contribution in [-0.2, 0) is 24.2 Å². The average molecular weight is 593 g/mol. The molecule has 224 valence electrons. The first-order chi connectivity index (χ1) is 20.8. The molecule has 1 N–H and O–H groups in total. The quantitative estimate of drug-likeness (QED) is 0.111. The largest absolute Gasteiger partial charge is 0.760 e. The fourth-order valence-corrected chi connectivity index (χ4v) is 7.45. The molecular weight excluding hydrogens is 548 g/mol. The van der Waals surface area contributed by atoms with Crippen molar-refractivity contribution in [3.8, 4) is 0 Å². The summed E-state index contributed by atoms with van der Waals surface area (Å²) in [5, 5.41) is 4.83. The number of rotatable bonds is 13. The summed E-state index contributed by atoms with van der Waals surface area (Å²) in [4.78, 5) is 0. The third kappa shape index (κ3) is 7.79. The molecule has 3 atom stereocenters. The van der Waals surface area contributed by atoms with Crippen LogP contribution in [0.2, 0.25) is 0 Å². The summed E-state index contributed by atoms with van der Waals surface area (Å²) >= 11 is -2.36. The Balaban J connectivity index is 1.53. The van der Waals surface area contributed by atoms with Crippen molar-refractivity contribution < 1.29 is 13.2 Å². The van der Waals surface area contributed by atoms with E-state index < -0.39 is 11.3 Å². The standard InChI is InChI=1S/C38H44N2O2S/c1-5-40(6-2,26-31-21-28(3)20-29(4)22-31)27-35(38-17-11-15-33-13-9-10-16-37(33)38)25-36(39-43(41)42)24-30-18-19-32-12-7-8-14-34(32)23-30/h7-23,35-36,39H,5-6,24-27H2,1-4H3. The Morgan fingerprint density at radius 2 is 1.40 bits per heavy atom. The van der Waals surface area contributed by atoms with E-state index in [0.717, 1.165) is 36.2 Å². The molecule has 0 saturated carbocycles. The highest BCUT2D eigenvalue weighted by Gasteiger charge is 2.32. The van der Waals surface area contributed by atoms with Crippen LogP contribution in [0.5, 0.6) is 0 Å². The van der Waals surface area contributed by atoms with Crippen LogP contribution in [0.15, 0.2) is 103 Å². The van der Waals surface area contributed by atoms with E-state index in [2.05, 4.69) is 123 Å². The summed E-state index contributed by atoms with van der Waals surface area (Å²) in [6.07, 6.45) is 1.34. The zero-order chi connectivity index (χ0) is 30.4. The van der Waals surface area contributed by atoms with Crippen LogP contribution in [0.1, 0.15) is 54.0 Å². The molecule has 5 aromatic rings. The van der Waals surface area contributed by atoms with Crippen LogP contribution in [0.3, 0.4) is 0 Å². The van der Waals surface area contributed by atoms with Gasteiger partial charge in [0.2, 0.25) is 0 Å². The van der Waals surface area contributed by atoms with Crippen LogP contribution in [0.25, 0.3) is 21.5 Å². The molecule has 0 spiro atoms. The second-order valence-electron chi connectivity index (χ2n) is 12.2. The maximum Gasteiger partial charge on any atom is 0.104 e. The summed E-state index contributed by atoms with van der Waals surface area (Å²) in [7, 11) is 0. The SMILES string of the molecule is CC[N+](CC)(Cc1cc(C)cc(C)c1)CC(CC(Cc1ccc2ccccc2c1)NS(=O)[O-])c1cccc2ccccc12. The van der Waals surface area contributed by atoms with Gasteiger partial charge < -0.3 is 9.04 Å². The molecule has 0 aliphatic heterocycles. The summed E-state index contributed by atoms with van der Waals surface area (Å²) < 4.78 is 28.1. The van der Waals surface area contributed by atoms with Crippen LogP contribution in [-0.4, -0.2) is 38.9 Å². The minimum atomic E-state index is -2.36. The van der Waals surface area contributed by atoms with Gasteiger partial charge in [0.15, 0.2) is 0 Å². The Morgan fingerprint density at radius 3 is 2.09 bits per heavy atom. The Morgan fingerprint density at radius 1 is 0.744 bits per heavy atom. The molecule has 0 radical (unpaired) electrons. The Kier molecular flexibility index (Phi) is 10.1. The summed E-state index contributed by atoms with van der Waals surface area (Å²) in [6.45, 7) is 12.8. The molecule has 43 heavy (non-hydrogen) atoms. The van der Waals surface area contributed by atoms with Crippen molar-refractivity contribution >= 4 is 32.8 Å². The van der Waals surface area contributed by atoms with Crippen molar-refractivity contribution in [2.45, 2.75) is 59.0 Å². The first kappa shape index (κ1) is 31.1. The molecule has 0 fully saturated rings. The molecular formula is C38H44N2O2S. The highest BCUT2D eigenvalue weighted by Crippen LogP contribution is 2.34. The topological polar surface area (TPSA) is 52.2 Å². The predicted octanol–water partition coefficient (Wildman–Crippen LogP) is 8.14. The maximum atomic E-state index is 12.1. The number of likely N-dealkylation sites (N-methyl/N-ethyl adjacent to an activating group) is 1. The molecule has 0 heterocycles. The van der Waals surface area contributed by atoms with E-state index in [4.69, 9.17) is 0 Å². The molecule has 0 aliphatic carbocycles. The lowest BCUT2D eigenvalue weighted by atomic mass is 9.85. The second-order valence-corrected chi connectivity index (χ2v) is 13.0. The van der Waals surface area contributed by atoms with E-state index in [-0.39, 0.29) is 12.0 Å². The smallest absolute Gasteiger partial charge is 0.104 e. The number of nitrogens with one attached hydrogen (secondary N) is 1. The molecule has 3 unspecified atom stereocenters. The van der Waals surface area contributed by atoms with Gasteiger partial charge in [0, 0.05) is 28.8 Å². The first-order valence-corrected chi connectivity index (χ1v) is 16.6. The summed E-state index contributed by atoms with van der Waals surface area (Å²) in [5.41, 5.74) is 6.39. The first-order valence-electron chi connectivity index (χ1n) is 15.5. The lowest BCUT2D eigenvalue weighted by Gasteiger charge is -2.41. The minimum absolute atomic E-state index is 0.151. The highest BCUT2D eigenvalue weighted by atomic mass is 32.2. The van der Waals surface area contributed by atoms with Gasteiger partial charge in [-0.25, -0.2) is 4.72 Å². The van der Waals surface area contributed by atoms with Crippen molar-refractivity contribution in [1.29, 1.82) is 0 Å². The van der Waals surface area contributed by atoms with Crippen molar-refractivity contribution in [2.24, 2.45) is 0 Å². The number of hydrogen-bond donors (Lipinski definition) is 1. The van der Waals surface area contributed by atoms with Gasteiger partial charge in [0.1, 0.15) is 6.54 Å². The number of hydrogen-bond acceptors (Lipinski definition) is 2. The Hall–Kier alpha value is -3.35. The number of fused-ring (bicyclic) bond motifs is 2. The van der Waals surface area contributed by atoms with E-state index in [1.807, 2.05) is 12.1 Å². The lowest BCUT2D eigenvalue weighted by molar-refractivity contribution is -0.939. The zero-order valence-electron chi connectivity index (χ0n) is 25.9. The van der Waals surface area contributed by atoms with E-state index in [0.29, 0.717) is 12.8 Å². The fourth-order valence-electron chi connectivity index (χ4n) is 6.99. The Labute approximate surface area is 259 Å². The van der Waals surface area contributed by atoms with E-state index in [9.17, 15) is 8.76 Å². The van der Waals surface area contributed by atoms with Crippen molar-refractivity contribution in [1.82, 2.24) is 4.72 Å². The van der Waals surface area contributed by atoms with Gasteiger partial charge in [-0.1, -0.05) is 114 Å². The second kappa shape index (κ2) is 14.0. The lowest BCUT2D eigenvalue weighted by Crippen LogP contribution is -2.50. The molecule has 0 saturated heterocycles. The van der Waals surface area contributed by atoms with Crippen molar-refractivity contribution in [2.75, 3.05) is 19.6 Å². The normalized spacial score (nSPS) is 14.2. The van der Waals surface area contributed by atoms with Gasteiger partial charge in [-0.2, -0.15) is 0 Å². The number of aryl methyl sites for hydroxylation is 2. The van der Waals surface area contributed by atoms with Gasteiger partial charge in [0.25, 0.3) is 0 Å². The predicted molar refractivity (Wildman–Crippen MR) is 181 cm³/mol. The number of quaternary nitrogens is 1. The summed E-state index contributed by atoms with van der Waals surface area (Å²) in [6, 6.07) is 36.6. The van der Waals surface area contributed by atoms with Crippen LogP contribution in [0.4, 0.5) is 0 Å². The highest BCUT2D eigenvalue weighted by molar-refractivity contribution is 7.77. The molecule has 0 aliphatic rings. The molecule has 0 aromatic heterocycles. The zero-order valence-corrected chi connectivity index (χ0v) is 26.7. The molecule has 0 amide bonds. The van der Waals surface area contributed by atoms with Gasteiger partial charge in [-0.15, -0.1) is 0 Å². The molecule has 4 nitrogen and oxygen atoms in total. The molecule has 0 bridgehead atoms. The maximum absolute atomic E-state index is 12.1. The Bertz CT molecular complexity index is 1690. The molecule has 5 rings (SSSR count). The number of nitrogens with zero attached hydrogens (tertiary/aromatic N) is 1. The minimum Gasteiger partial charge on any atom is -0.760 e. The van der Waals surface area contributed by atoms with Gasteiger partial charge in [0.05, 0.1) is 19.6 Å². The van der Waals surface area contributed by atoms with E-state index >= 15 is 0 Å². The van der Waals surface area contributed by atoms with Crippen molar-refractivity contribution in [3.63, 3.8) is 0 Å². The van der Waals surface area contributed by atoms with Crippen LogP contribution in [0, 0.1) is 13.8 Å². The van der Waals surface area contributed by atoms with Gasteiger partial charge in [-0.3, -0.25) is 4.21 Å². The van der Waals surface area contributed by atoms with E-state index in [1.165, 1.54) is 43.8 Å². The molecule has 5 aromatic carbocycles. The average Bonchev–Trinajstić information content (AvgIpc) is 2.99. The van der Waals surface area contributed by atoms with Gasteiger partial charge >= 0.3 is 0 Å². The fraction of sp³-hybridized carbons (Fsp3) is 0.316. The third-order valence-corrected chi connectivity index (χ3v) is 9.67. The van der Waals surface area contributed by atoms with Crippen LogP contribution >= 0.6 is 0 Å². The van der Waals surface area contributed by atoms with Crippen molar-refractivity contribution in [3.05, 3.63) is 131 Å². The summed E-state index contributed by atoms with van der Waals surface area (Å²) in [5.74, 6) is 0.151. The third-order valence-electron chi connectivity index (χ3n) is 9.14. The monoisotopic (exact) mass is 592 g/mol. The van der Waals surface area contributed by atoms with E-state index in [1.54, 1.807) is 0 Å². The van der Waals surface area contributed by atoms with Crippen LogP contribution < -0.4 is 4.72 Å². The number of benzene rings is 5. The molecule has 5 heteroatoms.